The molecule has 198 valence electrons. The van der Waals surface area contributed by atoms with E-state index in [0.29, 0.717) is 23.2 Å². The van der Waals surface area contributed by atoms with Crippen LogP contribution in [0.4, 0.5) is 0 Å². The second-order valence-corrected chi connectivity index (χ2v) is 15.9. The van der Waals surface area contributed by atoms with E-state index in [2.05, 4.69) is 34.6 Å². The first-order chi connectivity index (χ1) is 16.1. The van der Waals surface area contributed by atoms with Crippen LogP contribution >= 0.6 is 0 Å². The second kappa shape index (κ2) is 6.33. The Hall–Kier alpha value is -0.200. The van der Waals surface area contributed by atoms with Crippen molar-refractivity contribution in [2.75, 3.05) is 0 Å². The van der Waals surface area contributed by atoms with Crippen LogP contribution in [0.15, 0.2) is 0 Å². The average molecular weight is 489 g/mol. The molecule has 7 rings (SSSR count). The van der Waals surface area contributed by atoms with Crippen LogP contribution < -0.4 is 0 Å². The second-order valence-electron chi connectivity index (χ2n) is 15.9. The van der Waals surface area contributed by atoms with Gasteiger partial charge in [-0.05, 0) is 105 Å². The van der Waals surface area contributed by atoms with Crippen molar-refractivity contribution in [2.24, 2.45) is 50.7 Å². The summed E-state index contributed by atoms with van der Waals surface area (Å²) in [5, 5.41) is 34.4. The fourth-order valence-electron chi connectivity index (χ4n) is 12.7. The van der Waals surface area contributed by atoms with Gasteiger partial charge in [-0.3, -0.25) is 0 Å². The largest absolute Gasteiger partial charge is 0.393 e. The van der Waals surface area contributed by atoms with Gasteiger partial charge in [-0.2, -0.15) is 0 Å². The molecular formula is C30H48O5. The number of ether oxygens (including phenoxy) is 2. The lowest BCUT2D eigenvalue weighted by Crippen LogP contribution is -2.60. The minimum atomic E-state index is -1.01. The average Bonchev–Trinajstić information content (AvgIpc) is 3.28. The van der Waals surface area contributed by atoms with E-state index in [1.54, 1.807) is 0 Å². The van der Waals surface area contributed by atoms with Gasteiger partial charge in [-0.25, -0.2) is 0 Å². The molecule has 0 aromatic heterocycles. The topological polar surface area (TPSA) is 79.2 Å². The Balaban J connectivity index is 1.33. The minimum absolute atomic E-state index is 0.0331. The van der Waals surface area contributed by atoms with Crippen LogP contribution in [0.25, 0.3) is 0 Å². The van der Waals surface area contributed by atoms with Crippen molar-refractivity contribution in [2.45, 2.75) is 136 Å². The highest BCUT2D eigenvalue weighted by atomic mass is 16.8. The quantitative estimate of drug-likeness (QED) is 0.500. The number of hydrogen-bond acceptors (Lipinski definition) is 5. The molecule has 2 aliphatic heterocycles. The van der Waals surface area contributed by atoms with Gasteiger partial charge < -0.3 is 24.8 Å². The highest BCUT2D eigenvalue weighted by molar-refractivity contribution is 5.34. The molecule has 35 heavy (non-hydrogen) atoms. The van der Waals surface area contributed by atoms with E-state index in [9.17, 15) is 15.3 Å². The van der Waals surface area contributed by atoms with Crippen molar-refractivity contribution in [1.82, 2.24) is 0 Å². The maximum Gasteiger partial charge on any atom is 0.199 e. The number of aliphatic hydroxyl groups is 3. The molecule has 13 atom stereocenters. The number of rotatable bonds is 1. The Bertz CT molecular complexity index is 957. The summed E-state index contributed by atoms with van der Waals surface area (Å²) in [5.74, 6) is 0.523. The maximum atomic E-state index is 12.5. The Morgan fingerprint density at radius 2 is 1.51 bits per heavy atom. The predicted octanol–water partition coefficient (Wildman–Crippen LogP) is 4.66. The highest BCUT2D eigenvalue weighted by Crippen LogP contribution is 2.90. The van der Waals surface area contributed by atoms with E-state index in [1.807, 2.05) is 13.8 Å². The molecule has 5 aliphatic carbocycles. The molecule has 5 nitrogen and oxygen atoms in total. The molecule has 2 bridgehead atoms. The summed E-state index contributed by atoms with van der Waals surface area (Å²) in [7, 11) is 0. The van der Waals surface area contributed by atoms with E-state index in [4.69, 9.17) is 9.47 Å². The summed E-state index contributed by atoms with van der Waals surface area (Å²) in [4.78, 5) is 0. The number of aliphatic hydroxyl groups excluding tert-OH is 2. The molecule has 0 radical (unpaired) electrons. The third-order valence-corrected chi connectivity index (χ3v) is 14.2. The molecule has 0 aromatic rings. The monoisotopic (exact) mass is 488 g/mol. The zero-order valence-corrected chi connectivity index (χ0v) is 22.9. The van der Waals surface area contributed by atoms with Crippen molar-refractivity contribution in [3.8, 4) is 0 Å². The molecular weight excluding hydrogens is 440 g/mol. The lowest BCUT2D eigenvalue weighted by Gasteiger charge is -2.63. The third-order valence-electron chi connectivity index (χ3n) is 14.2. The van der Waals surface area contributed by atoms with Crippen LogP contribution in [0.3, 0.4) is 0 Å². The van der Waals surface area contributed by atoms with E-state index in [1.165, 1.54) is 12.8 Å². The first kappa shape index (κ1) is 23.9. The zero-order valence-electron chi connectivity index (χ0n) is 22.9. The van der Waals surface area contributed by atoms with Crippen LogP contribution in [-0.2, 0) is 9.47 Å². The lowest BCUT2D eigenvalue weighted by atomic mass is 9.41. The summed E-state index contributed by atoms with van der Waals surface area (Å²) in [6.07, 6.45) is 7.36. The lowest BCUT2D eigenvalue weighted by molar-refractivity contribution is -0.282. The highest BCUT2D eigenvalue weighted by Gasteiger charge is 2.88. The third kappa shape index (κ3) is 2.30. The van der Waals surface area contributed by atoms with Gasteiger partial charge >= 0.3 is 0 Å². The SMILES string of the molecule is C[C@@H]1C[C@H]2OC3(O[C@@H]2C(C)(C)O)[C@H](O)[C@@]2(C)[C@@H]4CC[C@H]5C(C)(C)[C@@H](O)CC[C@@]56C[C@@]46CC[C@]2(C)[C@@H]13. The van der Waals surface area contributed by atoms with Gasteiger partial charge in [-0.15, -0.1) is 0 Å². The molecule has 2 heterocycles. The normalized spacial score (nSPS) is 63.9. The van der Waals surface area contributed by atoms with Crippen molar-refractivity contribution in [1.29, 1.82) is 0 Å². The van der Waals surface area contributed by atoms with E-state index in [-0.39, 0.29) is 39.8 Å². The number of fused-ring (bicyclic) bond motifs is 4. The fraction of sp³-hybridized carbons (Fsp3) is 1.00. The Morgan fingerprint density at radius 3 is 2.20 bits per heavy atom. The van der Waals surface area contributed by atoms with Gasteiger partial charge in [0.25, 0.3) is 0 Å². The first-order valence-corrected chi connectivity index (χ1v) is 14.6. The van der Waals surface area contributed by atoms with Gasteiger partial charge in [0.2, 0.25) is 0 Å². The summed E-state index contributed by atoms with van der Waals surface area (Å²) in [5.41, 5.74) is -0.788. The van der Waals surface area contributed by atoms with E-state index < -0.39 is 23.6 Å². The summed E-state index contributed by atoms with van der Waals surface area (Å²) >= 11 is 0. The molecule has 3 spiro atoms. The van der Waals surface area contributed by atoms with Gasteiger partial charge in [0.05, 0.1) is 17.8 Å². The van der Waals surface area contributed by atoms with Crippen LogP contribution in [0.5, 0.6) is 0 Å². The summed E-state index contributed by atoms with van der Waals surface area (Å²) in [6, 6.07) is 0. The van der Waals surface area contributed by atoms with Crippen molar-refractivity contribution < 1.29 is 24.8 Å². The number of hydrogen-bond donors (Lipinski definition) is 3. The zero-order chi connectivity index (χ0) is 25.2. The van der Waals surface area contributed by atoms with Crippen LogP contribution in [0.1, 0.15) is 99.8 Å². The smallest absolute Gasteiger partial charge is 0.199 e. The first-order valence-electron chi connectivity index (χ1n) is 14.6. The maximum absolute atomic E-state index is 12.5. The molecule has 7 fully saturated rings. The molecule has 0 aromatic carbocycles. The van der Waals surface area contributed by atoms with Gasteiger partial charge in [0, 0.05) is 11.3 Å². The van der Waals surface area contributed by atoms with Crippen LogP contribution in [-0.4, -0.2) is 51.1 Å². The minimum Gasteiger partial charge on any atom is -0.393 e. The molecule has 2 saturated heterocycles. The Morgan fingerprint density at radius 1 is 0.857 bits per heavy atom. The van der Waals surface area contributed by atoms with E-state index >= 15 is 0 Å². The molecule has 5 heteroatoms. The van der Waals surface area contributed by atoms with Gasteiger partial charge in [0.1, 0.15) is 12.2 Å². The van der Waals surface area contributed by atoms with Crippen LogP contribution in [0.2, 0.25) is 0 Å². The fourth-order valence-corrected chi connectivity index (χ4v) is 12.7. The van der Waals surface area contributed by atoms with Crippen molar-refractivity contribution in [3.63, 3.8) is 0 Å². The Kier molecular flexibility index (Phi) is 4.32. The molecule has 3 N–H and O–H groups in total. The van der Waals surface area contributed by atoms with Gasteiger partial charge in [0.15, 0.2) is 5.79 Å². The molecule has 5 saturated carbocycles. The summed E-state index contributed by atoms with van der Waals surface area (Å²) < 4.78 is 13.6. The molecule has 7 aliphatic rings. The molecule has 0 amide bonds. The predicted molar refractivity (Wildman–Crippen MR) is 132 cm³/mol. The van der Waals surface area contributed by atoms with Gasteiger partial charge in [-0.1, -0.05) is 34.6 Å². The van der Waals surface area contributed by atoms with E-state index in [0.717, 1.165) is 38.5 Å². The van der Waals surface area contributed by atoms with Crippen LogP contribution in [0, 0.1) is 50.7 Å². The van der Waals surface area contributed by atoms with Crippen molar-refractivity contribution in [3.05, 3.63) is 0 Å². The standard InChI is InChI=1S/C30H48O5/c1-16-14-17-22(25(4,5)33)35-30(34-17)21(16)26(6)12-13-29-15-28(29)11-10-20(31)24(2,3)18(28)8-9-19(29)27(26,7)23(30)32/h16-23,31-33H,8-15H2,1-7H3/t16-,17-,18+,19+,20+,21-,22+,23-,26-,27-,28-,29+,30?/m1/s1. The summed E-state index contributed by atoms with van der Waals surface area (Å²) in [6.45, 7) is 15.4. The van der Waals surface area contributed by atoms with Crippen molar-refractivity contribution >= 4 is 0 Å². The molecule has 1 unspecified atom stereocenters. The Labute approximate surface area is 211 Å².